The van der Waals surface area contributed by atoms with Crippen molar-refractivity contribution in [2.75, 3.05) is 36.4 Å². The molecule has 3 aromatic rings. The van der Waals surface area contributed by atoms with Gasteiger partial charge >= 0.3 is 6.03 Å². The predicted octanol–water partition coefficient (Wildman–Crippen LogP) is 1.93. The van der Waals surface area contributed by atoms with Crippen LogP contribution in [0, 0.1) is 12.8 Å². The molecular weight excluding hydrogens is 408 g/mol. The average Bonchev–Trinajstić information content (AvgIpc) is 3.25. The highest BCUT2D eigenvalue weighted by Gasteiger charge is 2.31. The number of anilines is 2. The van der Waals surface area contributed by atoms with Gasteiger partial charge in [0.25, 0.3) is 5.78 Å². The number of para-hydroxylation sites is 1. The number of piperazine rings is 1. The van der Waals surface area contributed by atoms with Crippen LogP contribution in [0.15, 0.2) is 42.7 Å². The molecule has 1 atom stereocenters. The number of rotatable bonds is 5. The van der Waals surface area contributed by atoms with Crippen molar-refractivity contribution in [3.05, 3.63) is 48.4 Å². The van der Waals surface area contributed by atoms with Crippen molar-refractivity contribution >= 4 is 29.2 Å². The molecule has 0 spiro atoms. The number of aromatic nitrogens is 4. The van der Waals surface area contributed by atoms with Crippen LogP contribution in [0.2, 0.25) is 0 Å². The van der Waals surface area contributed by atoms with E-state index in [-0.39, 0.29) is 17.9 Å². The average molecular weight is 437 g/mol. The molecule has 10 heteroatoms. The molecule has 1 fully saturated rings. The summed E-state index contributed by atoms with van der Waals surface area (Å²) in [6.45, 7) is 8.22. The maximum Gasteiger partial charge on any atom is 0.319 e. The molecule has 0 aliphatic carbocycles. The van der Waals surface area contributed by atoms with E-state index in [0.717, 1.165) is 11.5 Å². The Labute approximate surface area is 186 Å². The van der Waals surface area contributed by atoms with Gasteiger partial charge in [-0.2, -0.15) is 14.6 Å². The van der Waals surface area contributed by atoms with Gasteiger partial charge in [0.2, 0.25) is 5.91 Å². The lowest BCUT2D eigenvalue weighted by atomic mass is 10.0. The molecule has 2 aromatic heterocycles. The zero-order valence-corrected chi connectivity index (χ0v) is 18.5. The fraction of sp³-hybridized carbons (Fsp3) is 0.409. The smallest absolute Gasteiger partial charge is 0.319 e. The van der Waals surface area contributed by atoms with E-state index in [1.165, 1.54) is 6.33 Å². The quantitative estimate of drug-likeness (QED) is 0.633. The van der Waals surface area contributed by atoms with Crippen molar-refractivity contribution in [2.24, 2.45) is 5.92 Å². The predicted molar refractivity (Wildman–Crippen MR) is 122 cm³/mol. The van der Waals surface area contributed by atoms with Gasteiger partial charge in [-0.25, -0.2) is 9.78 Å². The Kier molecular flexibility index (Phi) is 6.20. The Bertz CT molecular complexity index is 1090. The molecule has 10 nitrogen and oxygen atoms in total. The number of nitrogens with zero attached hydrogens (tertiary/aromatic N) is 6. The summed E-state index contributed by atoms with van der Waals surface area (Å²) in [6, 6.07) is 10.2. The van der Waals surface area contributed by atoms with E-state index in [1.807, 2.05) is 49.9 Å². The Morgan fingerprint density at radius 3 is 2.47 bits per heavy atom. The highest BCUT2D eigenvalue weighted by molar-refractivity contribution is 5.93. The Hall–Kier alpha value is -3.69. The molecule has 168 valence electrons. The first-order chi connectivity index (χ1) is 15.4. The Morgan fingerprint density at radius 2 is 1.78 bits per heavy atom. The number of urea groups is 1. The standard InChI is InChI=1S/C22H28N8O2/c1-15(2)19(27-22(32)26-17-7-5-4-6-8-17)20(31)29-11-9-28(10-12-29)18-13-16(3)25-21-23-14-24-30(18)21/h4-8,13-15,19H,9-12H2,1-3H3,(H2,26,27,32). The SMILES string of the molecule is Cc1cc(N2CCN(C(=O)C(NC(=O)Nc3ccccc3)C(C)C)CC2)n2ncnc2n1. The van der Waals surface area contributed by atoms with E-state index in [1.54, 1.807) is 16.6 Å². The minimum absolute atomic E-state index is 0.0420. The molecule has 3 amide bonds. The van der Waals surface area contributed by atoms with Crippen molar-refractivity contribution in [1.82, 2.24) is 29.8 Å². The van der Waals surface area contributed by atoms with E-state index in [2.05, 4.69) is 30.6 Å². The third-order valence-corrected chi connectivity index (χ3v) is 5.53. The number of fused-ring (bicyclic) bond motifs is 1. The maximum atomic E-state index is 13.2. The number of benzene rings is 1. The number of carbonyl (C=O) groups excluding carboxylic acids is 2. The number of amides is 3. The van der Waals surface area contributed by atoms with Gasteiger partial charge in [0, 0.05) is 43.6 Å². The van der Waals surface area contributed by atoms with Crippen LogP contribution in [-0.2, 0) is 4.79 Å². The lowest BCUT2D eigenvalue weighted by molar-refractivity contribution is -0.134. The van der Waals surface area contributed by atoms with E-state index in [9.17, 15) is 9.59 Å². The van der Waals surface area contributed by atoms with Crippen molar-refractivity contribution in [1.29, 1.82) is 0 Å². The molecule has 1 aliphatic rings. The van der Waals surface area contributed by atoms with Crippen LogP contribution in [0.3, 0.4) is 0 Å². The first-order valence-corrected chi connectivity index (χ1v) is 10.8. The highest BCUT2D eigenvalue weighted by atomic mass is 16.2. The number of aryl methyl sites for hydroxylation is 1. The van der Waals surface area contributed by atoms with E-state index in [0.29, 0.717) is 37.6 Å². The lowest BCUT2D eigenvalue weighted by Crippen LogP contribution is -2.57. The first-order valence-electron chi connectivity index (χ1n) is 10.8. The van der Waals surface area contributed by atoms with Crippen LogP contribution in [0.25, 0.3) is 5.78 Å². The molecule has 4 rings (SSSR count). The van der Waals surface area contributed by atoms with Gasteiger partial charge < -0.3 is 20.4 Å². The van der Waals surface area contributed by atoms with Crippen molar-refractivity contribution in [3.8, 4) is 0 Å². The highest BCUT2D eigenvalue weighted by Crippen LogP contribution is 2.19. The Balaban J connectivity index is 1.39. The summed E-state index contributed by atoms with van der Waals surface area (Å²) in [5, 5.41) is 9.90. The maximum absolute atomic E-state index is 13.2. The van der Waals surface area contributed by atoms with Gasteiger partial charge in [-0.05, 0) is 25.0 Å². The lowest BCUT2D eigenvalue weighted by Gasteiger charge is -2.38. The van der Waals surface area contributed by atoms with Crippen LogP contribution in [0.5, 0.6) is 0 Å². The normalized spacial score (nSPS) is 15.1. The van der Waals surface area contributed by atoms with Crippen molar-refractivity contribution in [2.45, 2.75) is 26.8 Å². The van der Waals surface area contributed by atoms with Gasteiger partial charge in [0.05, 0.1) is 0 Å². The van der Waals surface area contributed by atoms with Crippen LogP contribution in [0.1, 0.15) is 19.5 Å². The molecule has 0 saturated carbocycles. The van der Waals surface area contributed by atoms with Crippen LogP contribution in [-0.4, -0.2) is 68.6 Å². The van der Waals surface area contributed by atoms with Crippen LogP contribution >= 0.6 is 0 Å². The molecule has 1 aromatic carbocycles. The van der Waals surface area contributed by atoms with Gasteiger partial charge in [-0.1, -0.05) is 32.0 Å². The molecule has 3 heterocycles. The largest absolute Gasteiger partial charge is 0.353 e. The summed E-state index contributed by atoms with van der Waals surface area (Å²) in [5.74, 6) is 1.37. The van der Waals surface area contributed by atoms with Gasteiger partial charge in [-0.15, -0.1) is 0 Å². The zero-order valence-electron chi connectivity index (χ0n) is 18.5. The van der Waals surface area contributed by atoms with E-state index < -0.39 is 6.04 Å². The second-order valence-corrected chi connectivity index (χ2v) is 8.23. The van der Waals surface area contributed by atoms with E-state index >= 15 is 0 Å². The van der Waals surface area contributed by atoms with Crippen LogP contribution in [0.4, 0.5) is 16.3 Å². The molecule has 0 radical (unpaired) electrons. The summed E-state index contributed by atoms with van der Waals surface area (Å²) in [4.78, 5) is 38.2. The molecule has 1 aliphatic heterocycles. The topological polar surface area (TPSA) is 108 Å². The third kappa shape index (κ3) is 4.63. The summed E-state index contributed by atoms with van der Waals surface area (Å²) < 4.78 is 1.72. The van der Waals surface area contributed by atoms with E-state index in [4.69, 9.17) is 0 Å². The summed E-state index contributed by atoms with van der Waals surface area (Å²) >= 11 is 0. The molecule has 0 bridgehead atoms. The van der Waals surface area contributed by atoms with Crippen molar-refractivity contribution < 1.29 is 9.59 Å². The third-order valence-electron chi connectivity index (χ3n) is 5.53. The van der Waals surface area contributed by atoms with Gasteiger partial charge in [0.15, 0.2) is 0 Å². The zero-order chi connectivity index (χ0) is 22.7. The number of hydrogen-bond acceptors (Lipinski definition) is 6. The number of nitrogens with one attached hydrogen (secondary N) is 2. The van der Waals surface area contributed by atoms with Crippen molar-refractivity contribution in [3.63, 3.8) is 0 Å². The molecule has 1 saturated heterocycles. The fourth-order valence-electron chi connectivity index (χ4n) is 3.83. The molecule has 2 N–H and O–H groups in total. The molecule has 32 heavy (non-hydrogen) atoms. The van der Waals surface area contributed by atoms with Crippen LogP contribution < -0.4 is 15.5 Å². The summed E-state index contributed by atoms with van der Waals surface area (Å²) in [6.07, 6.45) is 1.49. The summed E-state index contributed by atoms with van der Waals surface area (Å²) in [7, 11) is 0. The van der Waals surface area contributed by atoms with Gasteiger partial charge in [-0.3, -0.25) is 4.79 Å². The Morgan fingerprint density at radius 1 is 1.06 bits per heavy atom. The molecular formula is C22H28N8O2. The first kappa shape index (κ1) is 21.5. The second kappa shape index (κ2) is 9.21. The number of carbonyl (C=O) groups is 2. The monoisotopic (exact) mass is 436 g/mol. The number of hydrogen-bond donors (Lipinski definition) is 2. The second-order valence-electron chi connectivity index (χ2n) is 8.23. The molecule has 1 unspecified atom stereocenters. The minimum Gasteiger partial charge on any atom is -0.353 e. The minimum atomic E-state index is -0.601. The summed E-state index contributed by atoms with van der Waals surface area (Å²) in [5.41, 5.74) is 1.55. The van der Waals surface area contributed by atoms with Gasteiger partial charge in [0.1, 0.15) is 18.2 Å². The fourth-order valence-corrected chi connectivity index (χ4v) is 3.83.